The zero-order valence-corrected chi connectivity index (χ0v) is 13.3. The van der Waals surface area contributed by atoms with Crippen LogP contribution in [-0.4, -0.2) is 23.9 Å². The van der Waals surface area contributed by atoms with Crippen molar-refractivity contribution in [2.75, 3.05) is 17.7 Å². The zero-order valence-electron chi connectivity index (χ0n) is 11.8. The first-order valence-electron chi connectivity index (χ1n) is 6.41. The number of benzene rings is 1. The lowest BCUT2D eigenvalue weighted by atomic mass is 10.2. The summed E-state index contributed by atoms with van der Waals surface area (Å²) < 4.78 is 5.14. The number of amides is 2. The predicted molar refractivity (Wildman–Crippen MR) is 86.6 cm³/mol. The third-order valence-corrected chi connectivity index (χ3v) is 3.62. The Labute approximate surface area is 136 Å². The largest absolute Gasteiger partial charge is 0.495 e. The van der Waals surface area contributed by atoms with Crippen molar-refractivity contribution in [3.63, 3.8) is 0 Å². The highest BCUT2D eigenvalue weighted by molar-refractivity contribution is 7.13. The summed E-state index contributed by atoms with van der Waals surface area (Å²) >= 11 is 7.21. The number of ether oxygens (including phenoxy) is 1. The van der Waals surface area contributed by atoms with Crippen molar-refractivity contribution < 1.29 is 14.3 Å². The Morgan fingerprint density at radius 3 is 2.64 bits per heavy atom. The van der Waals surface area contributed by atoms with Crippen LogP contribution in [0, 0.1) is 0 Å². The van der Waals surface area contributed by atoms with Gasteiger partial charge in [0.1, 0.15) is 5.75 Å². The maximum Gasteiger partial charge on any atom is 0.226 e. The second-order valence-electron chi connectivity index (χ2n) is 4.28. The van der Waals surface area contributed by atoms with Gasteiger partial charge in [-0.25, -0.2) is 4.98 Å². The van der Waals surface area contributed by atoms with Gasteiger partial charge in [-0.05, 0) is 18.2 Å². The molecule has 2 rings (SSSR count). The van der Waals surface area contributed by atoms with Crippen LogP contribution < -0.4 is 15.4 Å². The molecule has 1 aromatic heterocycles. The summed E-state index contributed by atoms with van der Waals surface area (Å²) in [5.41, 5.74) is 0.473. The molecule has 0 saturated carbocycles. The third-order valence-electron chi connectivity index (χ3n) is 2.69. The van der Waals surface area contributed by atoms with Crippen molar-refractivity contribution in [1.82, 2.24) is 4.98 Å². The molecular formula is C14H14ClN3O3S. The zero-order chi connectivity index (χ0) is 15.9. The van der Waals surface area contributed by atoms with Crippen molar-refractivity contribution >= 4 is 45.6 Å². The molecule has 2 N–H and O–H groups in total. The SMILES string of the molecule is COc1ccc(Cl)cc1NC(=O)CCC(=O)Nc1nccs1. The number of anilines is 2. The van der Waals surface area contributed by atoms with Crippen molar-refractivity contribution in [3.8, 4) is 5.75 Å². The van der Waals surface area contributed by atoms with Gasteiger partial charge >= 0.3 is 0 Å². The van der Waals surface area contributed by atoms with Crippen LogP contribution >= 0.6 is 22.9 Å². The topological polar surface area (TPSA) is 80.3 Å². The minimum absolute atomic E-state index is 0.0485. The van der Waals surface area contributed by atoms with E-state index in [-0.39, 0.29) is 24.7 Å². The van der Waals surface area contributed by atoms with E-state index in [2.05, 4.69) is 15.6 Å². The van der Waals surface area contributed by atoms with Crippen LogP contribution in [0.4, 0.5) is 10.8 Å². The minimum atomic E-state index is -0.296. The van der Waals surface area contributed by atoms with Gasteiger partial charge in [0.2, 0.25) is 11.8 Å². The second-order valence-corrected chi connectivity index (χ2v) is 5.61. The molecule has 1 aromatic carbocycles. The normalized spacial score (nSPS) is 10.1. The van der Waals surface area contributed by atoms with E-state index >= 15 is 0 Å². The standard InChI is InChI=1S/C14H14ClN3O3S/c1-21-11-3-2-9(15)8-10(11)17-12(19)4-5-13(20)18-14-16-6-7-22-14/h2-3,6-8H,4-5H2,1H3,(H,17,19)(H,16,18,20). The van der Waals surface area contributed by atoms with Crippen LogP contribution in [-0.2, 0) is 9.59 Å². The monoisotopic (exact) mass is 339 g/mol. The van der Waals surface area contributed by atoms with Crippen LogP contribution in [0.5, 0.6) is 5.75 Å². The number of carbonyl (C=O) groups is 2. The number of methoxy groups -OCH3 is 1. The Morgan fingerprint density at radius 2 is 2.00 bits per heavy atom. The van der Waals surface area contributed by atoms with Gasteiger partial charge in [-0.3, -0.25) is 9.59 Å². The fourth-order valence-electron chi connectivity index (χ4n) is 1.68. The fraction of sp³-hybridized carbons (Fsp3) is 0.214. The first-order chi connectivity index (χ1) is 10.6. The van der Waals surface area contributed by atoms with Crippen LogP contribution in [0.1, 0.15) is 12.8 Å². The molecule has 0 aliphatic heterocycles. The van der Waals surface area contributed by atoms with Gasteiger partial charge in [-0.15, -0.1) is 11.3 Å². The first-order valence-corrected chi connectivity index (χ1v) is 7.67. The summed E-state index contributed by atoms with van der Waals surface area (Å²) in [5, 5.41) is 8.05. The Kier molecular flexibility index (Phi) is 5.74. The van der Waals surface area contributed by atoms with Gasteiger partial charge in [-0.2, -0.15) is 0 Å². The Bertz CT molecular complexity index is 661. The number of nitrogens with zero attached hydrogens (tertiary/aromatic N) is 1. The van der Waals surface area contributed by atoms with E-state index in [1.165, 1.54) is 18.4 Å². The number of rotatable bonds is 6. The van der Waals surface area contributed by atoms with Crippen molar-refractivity contribution in [2.24, 2.45) is 0 Å². The van der Waals surface area contributed by atoms with Gasteiger partial charge in [0.25, 0.3) is 0 Å². The maximum absolute atomic E-state index is 11.9. The molecule has 0 saturated heterocycles. The van der Waals surface area contributed by atoms with E-state index in [9.17, 15) is 9.59 Å². The lowest BCUT2D eigenvalue weighted by Gasteiger charge is -2.10. The van der Waals surface area contributed by atoms with Crippen molar-refractivity contribution in [1.29, 1.82) is 0 Å². The maximum atomic E-state index is 11.9. The quantitative estimate of drug-likeness (QED) is 0.847. The van der Waals surface area contributed by atoms with Crippen LogP contribution in [0.3, 0.4) is 0 Å². The van der Waals surface area contributed by atoms with E-state index in [1.54, 1.807) is 29.8 Å². The fourth-order valence-corrected chi connectivity index (χ4v) is 2.40. The van der Waals surface area contributed by atoms with Crippen LogP contribution in [0.25, 0.3) is 0 Å². The molecule has 0 atom stereocenters. The summed E-state index contributed by atoms with van der Waals surface area (Å²) in [6.45, 7) is 0. The highest BCUT2D eigenvalue weighted by Gasteiger charge is 2.11. The third kappa shape index (κ3) is 4.71. The van der Waals surface area contributed by atoms with Gasteiger partial charge in [-0.1, -0.05) is 11.6 Å². The van der Waals surface area contributed by atoms with Crippen LogP contribution in [0.15, 0.2) is 29.8 Å². The molecule has 0 spiro atoms. The second kappa shape index (κ2) is 7.77. The van der Waals surface area contributed by atoms with E-state index < -0.39 is 0 Å². The molecule has 6 nitrogen and oxygen atoms in total. The molecular weight excluding hydrogens is 326 g/mol. The lowest BCUT2D eigenvalue weighted by Crippen LogP contribution is -2.17. The number of nitrogens with one attached hydrogen (secondary N) is 2. The predicted octanol–water partition coefficient (Wildman–Crippen LogP) is 3.16. The number of hydrogen-bond acceptors (Lipinski definition) is 5. The van der Waals surface area contributed by atoms with Crippen LogP contribution in [0.2, 0.25) is 5.02 Å². The summed E-state index contributed by atoms with van der Waals surface area (Å²) in [4.78, 5) is 27.5. The number of thiazole rings is 1. The molecule has 8 heteroatoms. The first kappa shape index (κ1) is 16.3. The number of aromatic nitrogens is 1. The van der Waals surface area contributed by atoms with Gasteiger partial charge in [0.15, 0.2) is 5.13 Å². The molecule has 22 heavy (non-hydrogen) atoms. The lowest BCUT2D eigenvalue weighted by molar-refractivity contribution is -0.121. The minimum Gasteiger partial charge on any atom is -0.495 e. The number of carbonyl (C=O) groups excluding carboxylic acids is 2. The van der Waals surface area contributed by atoms with Gasteiger partial charge in [0.05, 0.1) is 12.8 Å². The van der Waals surface area contributed by atoms with Crippen molar-refractivity contribution in [2.45, 2.75) is 12.8 Å². The highest BCUT2D eigenvalue weighted by Crippen LogP contribution is 2.27. The van der Waals surface area contributed by atoms with E-state index in [0.717, 1.165) is 0 Å². The summed E-state index contributed by atoms with van der Waals surface area (Å²) in [6.07, 6.45) is 1.71. The smallest absolute Gasteiger partial charge is 0.226 e. The average molecular weight is 340 g/mol. The molecule has 0 bridgehead atoms. The number of halogens is 1. The van der Waals surface area contributed by atoms with Crippen molar-refractivity contribution in [3.05, 3.63) is 34.8 Å². The molecule has 0 fully saturated rings. The Balaban J connectivity index is 1.85. The summed E-state index contributed by atoms with van der Waals surface area (Å²) in [7, 11) is 1.50. The van der Waals surface area contributed by atoms with E-state index in [0.29, 0.717) is 21.6 Å². The molecule has 2 amide bonds. The summed E-state index contributed by atoms with van der Waals surface area (Å²) in [5.74, 6) is -0.0528. The molecule has 0 radical (unpaired) electrons. The molecule has 2 aromatic rings. The highest BCUT2D eigenvalue weighted by atomic mass is 35.5. The molecule has 0 aliphatic carbocycles. The Hall–Kier alpha value is -2.12. The van der Waals surface area contributed by atoms with Gasteiger partial charge in [0, 0.05) is 29.4 Å². The Morgan fingerprint density at radius 1 is 1.27 bits per heavy atom. The molecule has 116 valence electrons. The molecule has 0 unspecified atom stereocenters. The number of hydrogen-bond donors (Lipinski definition) is 2. The van der Waals surface area contributed by atoms with E-state index in [1.807, 2.05) is 0 Å². The van der Waals surface area contributed by atoms with Gasteiger partial charge < -0.3 is 15.4 Å². The molecule has 0 aliphatic rings. The molecule has 1 heterocycles. The summed E-state index contributed by atoms with van der Waals surface area (Å²) in [6, 6.07) is 4.92. The van der Waals surface area contributed by atoms with E-state index in [4.69, 9.17) is 16.3 Å². The average Bonchev–Trinajstić information content (AvgIpc) is 2.98.